The lowest BCUT2D eigenvalue weighted by Gasteiger charge is -2.13. The molecule has 2 aliphatic carbocycles. The average Bonchev–Trinajstić information content (AvgIpc) is 3.78. The summed E-state index contributed by atoms with van der Waals surface area (Å²) in [6.07, 6.45) is 9.36. The van der Waals surface area contributed by atoms with E-state index in [1.54, 1.807) is 16.9 Å². The fourth-order valence-corrected chi connectivity index (χ4v) is 6.07. The van der Waals surface area contributed by atoms with Crippen LogP contribution in [0.15, 0.2) is 64.5 Å². The summed E-state index contributed by atoms with van der Waals surface area (Å²) >= 11 is 0. The smallest absolute Gasteiger partial charge is 0.281 e. The summed E-state index contributed by atoms with van der Waals surface area (Å²) < 4.78 is 30.8. The van der Waals surface area contributed by atoms with E-state index in [-0.39, 0.29) is 10.5 Å². The van der Waals surface area contributed by atoms with E-state index in [1.165, 1.54) is 29.3 Å². The van der Waals surface area contributed by atoms with Crippen LogP contribution < -0.4 is 5.56 Å². The molecule has 0 N–H and O–H groups in total. The van der Waals surface area contributed by atoms with Gasteiger partial charge in [-0.05, 0) is 66.8 Å². The highest BCUT2D eigenvalue weighted by molar-refractivity contribution is 7.91. The summed E-state index contributed by atoms with van der Waals surface area (Å²) in [5.41, 5.74) is 4.56. The molecule has 8 nitrogen and oxygen atoms in total. The van der Waals surface area contributed by atoms with Gasteiger partial charge in [0.2, 0.25) is 0 Å². The van der Waals surface area contributed by atoms with Crippen LogP contribution >= 0.6 is 0 Å². The normalized spacial score (nSPS) is 16.2. The second-order valence-corrected chi connectivity index (χ2v) is 12.6. The summed E-state index contributed by atoms with van der Waals surface area (Å²) in [6, 6.07) is 13.7. The molecule has 7 rings (SSSR count). The Kier molecular flexibility index (Phi) is 4.79. The van der Waals surface area contributed by atoms with Crippen LogP contribution in [0, 0.1) is 5.92 Å². The molecule has 9 heteroatoms. The SMILES string of the molecule is Cn1cc2cc(-n3nc4c(S(C)(=O)=O)cn(CC5CC5)c4c(-c4ccc(C5CC5)cc4)c3=O)ccc2n1. The number of sulfone groups is 1. The van der Waals surface area contributed by atoms with Crippen molar-refractivity contribution in [1.29, 1.82) is 0 Å². The van der Waals surface area contributed by atoms with Crippen molar-refractivity contribution in [3.05, 3.63) is 70.8 Å². The first-order chi connectivity index (χ1) is 17.8. The summed E-state index contributed by atoms with van der Waals surface area (Å²) in [5.74, 6) is 1.09. The molecule has 5 aromatic rings. The van der Waals surface area contributed by atoms with E-state index in [1.807, 2.05) is 42.1 Å². The highest BCUT2D eigenvalue weighted by Gasteiger charge is 2.29. The molecule has 37 heavy (non-hydrogen) atoms. The molecule has 2 aromatic carbocycles. The molecule has 2 fully saturated rings. The molecule has 0 spiro atoms. The van der Waals surface area contributed by atoms with Crippen LogP contribution in [0.25, 0.3) is 38.8 Å². The Morgan fingerprint density at radius 1 is 0.973 bits per heavy atom. The average molecular weight is 514 g/mol. The predicted octanol–water partition coefficient (Wildman–Crippen LogP) is 4.43. The summed E-state index contributed by atoms with van der Waals surface area (Å²) in [5, 5.41) is 9.99. The van der Waals surface area contributed by atoms with E-state index in [0.29, 0.717) is 40.7 Å². The van der Waals surface area contributed by atoms with E-state index in [9.17, 15) is 13.2 Å². The molecule has 0 radical (unpaired) electrons. The molecular weight excluding hydrogens is 486 g/mol. The van der Waals surface area contributed by atoms with E-state index in [2.05, 4.69) is 17.2 Å². The van der Waals surface area contributed by atoms with Gasteiger partial charge in [0.25, 0.3) is 5.56 Å². The third-order valence-corrected chi connectivity index (χ3v) is 8.61. The minimum atomic E-state index is -3.59. The van der Waals surface area contributed by atoms with Crippen LogP contribution in [0.5, 0.6) is 0 Å². The molecule has 0 unspecified atom stereocenters. The van der Waals surface area contributed by atoms with Crippen molar-refractivity contribution in [2.75, 3.05) is 6.26 Å². The minimum absolute atomic E-state index is 0.148. The number of benzene rings is 2. The first-order valence-electron chi connectivity index (χ1n) is 12.7. The zero-order valence-electron chi connectivity index (χ0n) is 20.8. The molecule has 188 valence electrons. The standard InChI is InChI=1S/C28H27N5O3S/c1-31-15-21-13-22(11-12-23(21)29-31)33-28(34)25(20-9-7-19(8-10-20)18-5-6-18)27-26(30-33)24(37(2,35)36)16-32(27)14-17-3-4-17/h7-13,15-18H,3-6,14H2,1-2H3. The van der Waals surface area contributed by atoms with E-state index in [0.717, 1.165) is 29.3 Å². The van der Waals surface area contributed by atoms with Crippen molar-refractivity contribution in [3.63, 3.8) is 0 Å². The van der Waals surface area contributed by atoms with Gasteiger partial charge in [0.15, 0.2) is 9.84 Å². The van der Waals surface area contributed by atoms with Gasteiger partial charge < -0.3 is 4.57 Å². The molecule has 0 bridgehead atoms. The first-order valence-corrected chi connectivity index (χ1v) is 14.6. The van der Waals surface area contributed by atoms with Crippen LogP contribution in [0.2, 0.25) is 0 Å². The number of fused-ring (bicyclic) bond motifs is 2. The van der Waals surface area contributed by atoms with Crippen molar-refractivity contribution < 1.29 is 8.42 Å². The topological polar surface area (TPSA) is 91.8 Å². The van der Waals surface area contributed by atoms with E-state index < -0.39 is 9.84 Å². The maximum Gasteiger partial charge on any atom is 0.281 e. The number of aryl methyl sites for hydroxylation is 1. The lowest BCUT2D eigenvalue weighted by atomic mass is 10.0. The number of nitrogens with zero attached hydrogens (tertiary/aromatic N) is 5. The number of hydrogen-bond acceptors (Lipinski definition) is 5. The van der Waals surface area contributed by atoms with Gasteiger partial charge in [-0.2, -0.15) is 14.9 Å². The Bertz CT molecular complexity index is 1870. The Hall–Kier alpha value is -3.72. The van der Waals surface area contributed by atoms with Gasteiger partial charge in [0.05, 0.1) is 22.3 Å². The third-order valence-electron chi connectivity index (χ3n) is 7.51. The van der Waals surface area contributed by atoms with E-state index >= 15 is 0 Å². The largest absolute Gasteiger partial charge is 0.344 e. The minimum Gasteiger partial charge on any atom is -0.344 e. The molecule has 3 heterocycles. The fraction of sp³-hybridized carbons (Fsp3) is 0.321. The van der Waals surface area contributed by atoms with Crippen molar-refractivity contribution >= 4 is 31.8 Å². The lowest BCUT2D eigenvalue weighted by molar-refractivity contribution is 0.600. The van der Waals surface area contributed by atoms with Crippen molar-refractivity contribution in [2.24, 2.45) is 13.0 Å². The van der Waals surface area contributed by atoms with Crippen molar-refractivity contribution in [2.45, 2.75) is 43.0 Å². The monoisotopic (exact) mass is 513 g/mol. The van der Waals surface area contributed by atoms with Gasteiger partial charge >= 0.3 is 0 Å². The predicted molar refractivity (Wildman–Crippen MR) is 143 cm³/mol. The van der Waals surface area contributed by atoms with Gasteiger partial charge in [-0.15, -0.1) is 0 Å². The quantitative estimate of drug-likeness (QED) is 0.335. The zero-order valence-corrected chi connectivity index (χ0v) is 21.6. The van der Waals surface area contributed by atoms with Crippen molar-refractivity contribution in [1.82, 2.24) is 24.1 Å². The highest BCUT2D eigenvalue weighted by atomic mass is 32.2. The Morgan fingerprint density at radius 3 is 2.41 bits per heavy atom. The summed E-state index contributed by atoms with van der Waals surface area (Å²) in [4.78, 5) is 14.3. The van der Waals surface area contributed by atoms with Crippen LogP contribution in [-0.2, 0) is 23.4 Å². The van der Waals surface area contributed by atoms with Gasteiger partial charge in [-0.1, -0.05) is 24.3 Å². The molecule has 0 atom stereocenters. The number of rotatable bonds is 6. The second kappa shape index (κ2) is 7.89. The van der Waals surface area contributed by atoms with Crippen LogP contribution in [0.3, 0.4) is 0 Å². The molecule has 2 aliphatic rings. The lowest BCUT2D eigenvalue weighted by Crippen LogP contribution is -2.24. The molecular formula is C28H27N5O3S. The maximum atomic E-state index is 14.2. The molecule has 2 saturated carbocycles. The summed E-state index contributed by atoms with van der Waals surface area (Å²) in [6.45, 7) is 0.673. The number of aromatic nitrogens is 5. The van der Waals surface area contributed by atoms with Crippen LogP contribution in [0.1, 0.15) is 37.2 Å². The Morgan fingerprint density at radius 2 is 1.73 bits per heavy atom. The van der Waals surface area contributed by atoms with Gasteiger partial charge in [-0.25, -0.2) is 8.42 Å². The highest BCUT2D eigenvalue weighted by Crippen LogP contribution is 2.41. The number of hydrogen-bond donors (Lipinski definition) is 0. The molecule has 3 aromatic heterocycles. The van der Waals surface area contributed by atoms with E-state index in [4.69, 9.17) is 5.10 Å². The Balaban J connectivity index is 1.54. The maximum absolute atomic E-state index is 14.2. The summed E-state index contributed by atoms with van der Waals surface area (Å²) in [7, 11) is -1.74. The van der Waals surface area contributed by atoms with Crippen LogP contribution in [-0.4, -0.2) is 38.8 Å². The van der Waals surface area contributed by atoms with Gasteiger partial charge in [-0.3, -0.25) is 9.48 Å². The second-order valence-electron chi connectivity index (χ2n) is 10.6. The Labute approximate surface area is 214 Å². The zero-order chi connectivity index (χ0) is 25.5. The van der Waals surface area contributed by atoms with Gasteiger partial charge in [0, 0.05) is 37.6 Å². The van der Waals surface area contributed by atoms with Crippen LogP contribution in [0.4, 0.5) is 0 Å². The third kappa shape index (κ3) is 3.89. The molecule has 0 saturated heterocycles. The molecule has 0 amide bonds. The van der Waals surface area contributed by atoms with Gasteiger partial charge in [0.1, 0.15) is 10.4 Å². The first kappa shape index (κ1) is 22.5. The fourth-order valence-electron chi connectivity index (χ4n) is 5.27. The van der Waals surface area contributed by atoms with Crippen molar-refractivity contribution in [3.8, 4) is 16.8 Å². The molecule has 0 aliphatic heterocycles.